The van der Waals surface area contributed by atoms with Gasteiger partial charge in [0.15, 0.2) is 5.96 Å². The molecule has 0 radical (unpaired) electrons. The second kappa shape index (κ2) is 9.63. The van der Waals surface area contributed by atoms with Crippen molar-refractivity contribution in [1.82, 2.24) is 10.6 Å². The average Bonchev–Trinajstić information content (AvgIpc) is 2.50. The molecule has 0 aliphatic carbocycles. The number of benzene rings is 2. The summed E-state index contributed by atoms with van der Waals surface area (Å²) in [5.41, 5.74) is 2.39. The van der Waals surface area contributed by atoms with E-state index in [0.29, 0.717) is 6.54 Å². The van der Waals surface area contributed by atoms with Gasteiger partial charge in [-0.15, -0.1) is 24.0 Å². The third kappa shape index (κ3) is 6.35. The molecule has 0 aliphatic rings. The molecule has 2 aromatic carbocycles. The van der Waals surface area contributed by atoms with Crippen molar-refractivity contribution >= 4 is 41.5 Å². The molecule has 2 rings (SSSR count). The largest absolute Gasteiger partial charge is 0.352 e. The lowest BCUT2D eigenvalue weighted by molar-refractivity contribution is 0.809. The van der Waals surface area contributed by atoms with E-state index in [2.05, 4.69) is 27.8 Å². The van der Waals surface area contributed by atoms with Crippen molar-refractivity contribution in [3.63, 3.8) is 0 Å². The molecule has 0 atom stereocenters. The normalized spacial score (nSPS) is 10.7. The van der Waals surface area contributed by atoms with Crippen molar-refractivity contribution < 1.29 is 0 Å². The summed E-state index contributed by atoms with van der Waals surface area (Å²) in [6, 6.07) is 18.0. The van der Waals surface area contributed by atoms with Crippen LogP contribution in [0.2, 0.25) is 5.02 Å². The SMILES string of the molecule is CN=C(NCc1ccccc1)NCc1ccc(Cl)cc1.I. The van der Waals surface area contributed by atoms with E-state index >= 15 is 0 Å². The Kier molecular flexibility index (Phi) is 8.15. The Morgan fingerprint density at radius 2 is 1.43 bits per heavy atom. The molecule has 2 N–H and O–H groups in total. The third-order valence-electron chi connectivity index (χ3n) is 2.90. The van der Waals surface area contributed by atoms with Crippen molar-refractivity contribution in [3.05, 3.63) is 70.7 Å². The van der Waals surface area contributed by atoms with Gasteiger partial charge in [0.1, 0.15) is 0 Å². The van der Waals surface area contributed by atoms with Crippen LogP contribution in [0.25, 0.3) is 0 Å². The van der Waals surface area contributed by atoms with Gasteiger partial charge in [-0.2, -0.15) is 0 Å². The number of aliphatic imine (C=N–C) groups is 1. The summed E-state index contributed by atoms with van der Waals surface area (Å²) < 4.78 is 0. The molecule has 0 saturated heterocycles. The highest BCUT2D eigenvalue weighted by Gasteiger charge is 1.99. The minimum absolute atomic E-state index is 0. The fraction of sp³-hybridized carbons (Fsp3) is 0.188. The minimum Gasteiger partial charge on any atom is -0.352 e. The molecule has 5 heteroatoms. The maximum atomic E-state index is 5.86. The molecule has 0 amide bonds. The Bertz CT molecular complexity index is 555. The van der Waals surface area contributed by atoms with Crippen LogP contribution in [0.5, 0.6) is 0 Å². The summed E-state index contributed by atoms with van der Waals surface area (Å²) in [4.78, 5) is 4.20. The molecule has 112 valence electrons. The molecule has 0 bridgehead atoms. The molecule has 0 aliphatic heterocycles. The van der Waals surface area contributed by atoms with Crippen molar-refractivity contribution in [1.29, 1.82) is 0 Å². The first-order valence-electron chi connectivity index (χ1n) is 6.51. The number of hydrogen-bond acceptors (Lipinski definition) is 1. The van der Waals surface area contributed by atoms with Gasteiger partial charge in [-0.05, 0) is 23.3 Å². The molecule has 2 aromatic rings. The number of nitrogens with one attached hydrogen (secondary N) is 2. The average molecular weight is 416 g/mol. The summed E-state index contributed by atoms with van der Waals surface area (Å²) in [6.45, 7) is 1.47. The topological polar surface area (TPSA) is 36.4 Å². The smallest absolute Gasteiger partial charge is 0.191 e. The van der Waals surface area contributed by atoms with Crippen LogP contribution in [-0.2, 0) is 13.1 Å². The fourth-order valence-corrected chi connectivity index (χ4v) is 1.92. The Hall–Kier alpha value is -1.27. The maximum absolute atomic E-state index is 5.86. The van der Waals surface area contributed by atoms with Crippen LogP contribution in [0.3, 0.4) is 0 Å². The van der Waals surface area contributed by atoms with E-state index in [1.54, 1.807) is 7.05 Å². The van der Waals surface area contributed by atoms with Gasteiger partial charge in [-0.25, -0.2) is 0 Å². The van der Waals surface area contributed by atoms with E-state index in [1.807, 2.05) is 42.5 Å². The number of rotatable bonds is 4. The van der Waals surface area contributed by atoms with Gasteiger partial charge in [0.2, 0.25) is 0 Å². The van der Waals surface area contributed by atoms with Gasteiger partial charge >= 0.3 is 0 Å². The molecule has 0 aromatic heterocycles. The first kappa shape index (κ1) is 17.8. The summed E-state index contributed by atoms with van der Waals surface area (Å²) in [5, 5.41) is 7.30. The summed E-state index contributed by atoms with van der Waals surface area (Å²) >= 11 is 5.86. The minimum atomic E-state index is 0. The first-order chi connectivity index (χ1) is 9.78. The van der Waals surface area contributed by atoms with Gasteiger partial charge < -0.3 is 10.6 Å². The second-order valence-electron chi connectivity index (χ2n) is 4.39. The van der Waals surface area contributed by atoms with Gasteiger partial charge in [0.25, 0.3) is 0 Å². The Balaban J connectivity index is 0.00000220. The number of guanidine groups is 1. The standard InChI is InChI=1S/C16H18ClN3.HI/c1-18-16(19-11-13-5-3-2-4-6-13)20-12-14-7-9-15(17)10-8-14;/h2-10H,11-12H2,1H3,(H2,18,19,20);1H. The molecule has 3 nitrogen and oxygen atoms in total. The predicted molar refractivity (Wildman–Crippen MR) is 100 cm³/mol. The molecule has 21 heavy (non-hydrogen) atoms. The Morgan fingerprint density at radius 1 is 0.905 bits per heavy atom. The lowest BCUT2D eigenvalue weighted by Gasteiger charge is -2.12. The highest BCUT2D eigenvalue weighted by atomic mass is 127. The van der Waals surface area contributed by atoms with Crippen molar-refractivity contribution in [3.8, 4) is 0 Å². The van der Waals surface area contributed by atoms with E-state index in [0.717, 1.165) is 23.1 Å². The number of hydrogen-bond donors (Lipinski definition) is 2. The van der Waals surface area contributed by atoms with Crippen molar-refractivity contribution in [2.75, 3.05) is 7.05 Å². The molecule has 0 unspecified atom stereocenters. The number of nitrogens with zero attached hydrogens (tertiary/aromatic N) is 1. The van der Waals surface area contributed by atoms with Crippen LogP contribution in [0.15, 0.2) is 59.6 Å². The van der Waals surface area contributed by atoms with E-state index in [1.165, 1.54) is 5.56 Å². The van der Waals surface area contributed by atoms with Crippen molar-refractivity contribution in [2.45, 2.75) is 13.1 Å². The van der Waals surface area contributed by atoms with E-state index in [9.17, 15) is 0 Å². The van der Waals surface area contributed by atoms with Crippen LogP contribution < -0.4 is 10.6 Å². The zero-order chi connectivity index (χ0) is 14.2. The van der Waals surface area contributed by atoms with E-state index in [-0.39, 0.29) is 24.0 Å². The molecule has 0 saturated carbocycles. The summed E-state index contributed by atoms with van der Waals surface area (Å²) in [6.07, 6.45) is 0. The summed E-state index contributed by atoms with van der Waals surface area (Å²) in [7, 11) is 1.77. The highest BCUT2D eigenvalue weighted by Crippen LogP contribution is 2.09. The predicted octanol–water partition coefficient (Wildman–Crippen LogP) is 3.82. The zero-order valence-corrected chi connectivity index (χ0v) is 14.9. The van der Waals surface area contributed by atoms with Crippen LogP contribution in [0.1, 0.15) is 11.1 Å². The van der Waals surface area contributed by atoms with Gasteiger partial charge in [-0.3, -0.25) is 4.99 Å². The van der Waals surface area contributed by atoms with Crippen LogP contribution in [0, 0.1) is 0 Å². The molecular formula is C16H19ClIN3. The van der Waals surface area contributed by atoms with Crippen molar-refractivity contribution in [2.24, 2.45) is 4.99 Å². The molecule has 0 spiro atoms. The van der Waals surface area contributed by atoms with Gasteiger partial charge in [-0.1, -0.05) is 54.1 Å². The number of halogens is 2. The lowest BCUT2D eigenvalue weighted by Crippen LogP contribution is -2.36. The third-order valence-corrected chi connectivity index (χ3v) is 3.15. The summed E-state index contributed by atoms with van der Waals surface area (Å²) in [5.74, 6) is 0.781. The quantitative estimate of drug-likeness (QED) is 0.452. The molecule has 0 fully saturated rings. The maximum Gasteiger partial charge on any atom is 0.191 e. The monoisotopic (exact) mass is 415 g/mol. The fourth-order valence-electron chi connectivity index (χ4n) is 1.79. The van der Waals surface area contributed by atoms with E-state index in [4.69, 9.17) is 11.6 Å². The highest BCUT2D eigenvalue weighted by molar-refractivity contribution is 14.0. The molecular weight excluding hydrogens is 397 g/mol. The Morgan fingerprint density at radius 3 is 1.95 bits per heavy atom. The van der Waals surface area contributed by atoms with E-state index < -0.39 is 0 Å². The van der Waals surface area contributed by atoms with Gasteiger partial charge in [0.05, 0.1) is 0 Å². The lowest BCUT2D eigenvalue weighted by atomic mass is 10.2. The molecule has 0 heterocycles. The van der Waals surface area contributed by atoms with Gasteiger partial charge in [0, 0.05) is 25.2 Å². The van der Waals surface area contributed by atoms with Crippen LogP contribution in [0.4, 0.5) is 0 Å². The Labute approximate surface area is 147 Å². The van der Waals surface area contributed by atoms with Crippen LogP contribution in [-0.4, -0.2) is 13.0 Å². The first-order valence-corrected chi connectivity index (χ1v) is 6.88. The van der Waals surface area contributed by atoms with Crippen LogP contribution >= 0.6 is 35.6 Å². The second-order valence-corrected chi connectivity index (χ2v) is 4.83. The zero-order valence-electron chi connectivity index (χ0n) is 11.8.